The van der Waals surface area contributed by atoms with Gasteiger partial charge in [0.05, 0.1) is 5.56 Å². The topological polar surface area (TPSA) is 66.0 Å². The molecule has 156 valence electrons. The lowest BCUT2D eigenvalue weighted by molar-refractivity contribution is -0.137. The number of hydrogen-bond acceptors (Lipinski definition) is 4. The number of hydrogen-bond donors (Lipinski definition) is 3. The van der Waals surface area contributed by atoms with Crippen LogP contribution in [0.1, 0.15) is 38.2 Å². The normalized spacial score (nSPS) is 12.4. The minimum atomic E-state index is -4.48. The summed E-state index contributed by atoms with van der Waals surface area (Å²) in [6.45, 7) is 2.52. The van der Waals surface area contributed by atoms with Gasteiger partial charge in [0.25, 0.3) is 5.91 Å². The van der Waals surface area contributed by atoms with Crippen molar-refractivity contribution >= 4 is 17.4 Å². The summed E-state index contributed by atoms with van der Waals surface area (Å²) in [6, 6.07) is 11.4. The van der Waals surface area contributed by atoms with E-state index in [1.165, 1.54) is 12.1 Å². The summed E-state index contributed by atoms with van der Waals surface area (Å²) in [4.78, 5) is 16.9. The third-order valence-corrected chi connectivity index (χ3v) is 4.74. The molecule has 0 spiro atoms. The molecule has 0 atom stereocenters. The zero-order valence-corrected chi connectivity index (χ0v) is 16.4. The Balaban J connectivity index is 1.55. The summed E-state index contributed by atoms with van der Waals surface area (Å²) >= 11 is 0. The number of halogens is 3. The molecular weight excluding hydrogens is 405 g/mol. The lowest BCUT2D eigenvalue weighted by Crippen LogP contribution is -2.13. The molecule has 0 saturated carbocycles. The number of carbonyl (C=O) groups is 1. The molecule has 3 aromatic rings. The highest BCUT2D eigenvalue weighted by Crippen LogP contribution is 2.30. The van der Waals surface area contributed by atoms with E-state index >= 15 is 0 Å². The van der Waals surface area contributed by atoms with Crippen LogP contribution < -0.4 is 16.2 Å². The lowest BCUT2D eigenvalue weighted by Gasteiger charge is -2.10. The standard InChI is InChI=1S/C23H17F3N4O/c1-14-5-7-17(22(31)29-20-4-2-3-19(11-20)23(24,25)26)10-16(14)8-6-15-9-18-13-28-30-21(18)27-12-15/h2-5,7,9-12,28H,13H2,1H3,(H,27,30)(H,29,31). The quantitative estimate of drug-likeness (QED) is 0.533. The first-order chi connectivity index (χ1) is 14.8. The predicted molar refractivity (Wildman–Crippen MR) is 111 cm³/mol. The number of anilines is 2. The van der Waals surface area contributed by atoms with Gasteiger partial charge in [-0.2, -0.15) is 13.2 Å². The molecule has 31 heavy (non-hydrogen) atoms. The third-order valence-electron chi connectivity index (χ3n) is 4.74. The highest BCUT2D eigenvalue weighted by molar-refractivity contribution is 6.04. The van der Waals surface area contributed by atoms with Gasteiger partial charge in [-0.05, 0) is 48.9 Å². The van der Waals surface area contributed by atoms with E-state index in [1.54, 1.807) is 24.4 Å². The number of benzene rings is 2. The Labute approximate surface area is 176 Å². The van der Waals surface area contributed by atoms with E-state index in [4.69, 9.17) is 0 Å². The Hall–Kier alpha value is -3.83. The van der Waals surface area contributed by atoms with Crippen LogP contribution in [-0.2, 0) is 12.7 Å². The van der Waals surface area contributed by atoms with E-state index in [9.17, 15) is 18.0 Å². The molecule has 0 bridgehead atoms. The number of carbonyl (C=O) groups excluding carboxylic acids is 1. The van der Waals surface area contributed by atoms with Crippen molar-refractivity contribution in [3.63, 3.8) is 0 Å². The van der Waals surface area contributed by atoms with Crippen LogP contribution in [0.4, 0.5) is 24.7 Å². The fraction of sp³-hybridized carbons (Fsp3) is 0.130. The maximum atomic E-state index is 12.9. The SMILES string of the molecule is Cc1ccc(C(=O)Nc2cccc(C(F)(F)F)c2)cc1C#Cc1cnc2c(c1)CNN2. The van der Waals surface area contributed by atoms with Crippen molar-refractivity contribution in [2.75, 3.05) is 10.7 Å². The van der Waals surface area contributed by atoms with Crippen LogP contribution in [0.25, 0.3) is 0 Å². The van der Waals surface area contributed by atoms with E-state index in [-0.39, 0.29) is 5.69 Å². The summed E-state index contributed by atoms with van der Waals surface area (Å²) in [5, 5.41) is 2.51. The van der Waals surface area contributed by atoms with Crippen LogP contribution in [0.15, 0.2) is 54.7 Å². The molecule has 2 aromatic carbocycles. The second-order valence-electron chi connectivity index (χ2n) is 7.02. The van der Waals surface area contributed by atoms with Gasteiger partial charge in [0.15, 0.2) is 0 Å². The van der Waals surface area contributed by atoms with Crippen LogP contribution in [0.2, 0.25) is 0 Å². The van der Waals surface area contributed by atoms with Crippen LogP contribution in [0, 0.1) is 18.8 Å². The van der Waals surface area contributed by atoms with Crippen LogP contribution in [0.3, 0.4) is 0 Å². The first kappa shape index (κ1) is 20.4. The number of nitrogens with one attached hydrogen (secondary N) is 3. The number of alkyl halides is 3. The molecular formula is C23H17F3N4O. The largest absolute Gasteiger partial charge is 0.416 e. The Morgan fingerprint density at radius 1 is 1.13 bits per heavy atom. The van der Waals surface area contributed by atoms with Crippen molar-refractivity contribution in [1.82, 2.24) is 10.4 Å². The Morgan fingerprint density at radius 2 is 1.97 bits per heavy atom. The van der Waals surface area contributed by atoms with Gasteiger partial charge in [-0.3, -0.25) is 4.79 Å². The second-order valence-corrected chi connectivity index (χ2v) is 7.02. The summed E-state index contributed by atoms with van der Waals surface area (Å²) in [5.74, 6) is 6.35. The van der Waals surface area contributed by atoms with Gasteiger partial charge in [0.2, 0.25) is 0 Å². The molecule has 0 aliphatic carbocycles. The van der Waals surface area contributed by atoms with E-state index in [0.717, 1.165) is 34.6 Å². The summed E-state index contributed by atoms with van der Waals surface area (Å²) < 4.78 is 38.7. The van der Waals surface area contributed by atoms with E-state index in [1.807, 2.05) is 13.0 Å². The molecule has 3 N–H and O–H groups in total. The molecule has 0 fully saturated rings. The minimum Gasteiger partial charge on any atom is -0.322 e. The third kappa shape index (κ3) is 4.68. The number of pyridine rings is 1. The Morgan fingerprint density at radius 3 is 2.77 bits per heavy atom. The van der Waals surface area contributed by atoms with E-state index in [0.29, 0.717) is 17.7 Å². The molecule has 2 heterocycles. The van der Waals surface area contributed by atoms with Crippen LogP contribution in [-0.4, -0.2) is 10.9 Å². The fourth-order valence-corrected chi connectivity index (χ4v) is 3.06. The monoisotopic (exact) mass is 422 g/mol. The molecule has 8 heteroatoms. The summed E-state index contributed by atoms with van der Waals surface area (Å²) in [6.07, 6.45) is -2.82. The smallest absolute Gasteiger partial charge is 0.322 e. The van der Waals surface area contributed by atoms with Gasteiger partial charge >= 0.3 is 6.18 Å². The highest BCUT2D eigenvalue weighted by atomic mass is 19.4. The highest BCUT2D eigenvalue weighted by Gasteiger charge is 2.30. The summed E-state index contributed by atoms with van der Waals surface area (Å²) in [7, 11) is 0. The first-order valence-corrected chi connectivity index (χ1v) is 9.39. The zero-order chi connectivity index (χ0) is 22.0. The van der Waals surface area contributed by atoms with E-state index < -0.39 is 17.6 Å². The first-order valence-electron chi connectivity index (χ1n) is 9.39. The Kier molecular flexibility index (Phi) is 5.36. The molecule has 4 rings (SSSR count). The van der Waals surface area contributed by atoms with Gasteiger partial charge in [-0.1, -0.05) is 24.0 Å². The van der Waals surface area contributed by atoms with Gasteiger partial charge in [0.1, 0.15) is 5.82 Å². The molecule has 0 radical (unpaired) electrons. The fourth-order valence-electron chi connectivity index (χ4n) is 3.06. The Bertz CT molecular complexity index is 1230. The average molecular weight is 422 g/mol. The van der Waals surface area contributed by atoms with Crippen molar-refractivity contribution in [2.45, 2.75) is 19.6 Å². The van der Waals surface area contributed by atoms with Crippen molar-refractivity contribution in [3.8, 4) is 11.8 Å². The van der Waals surface area contributed by atoms with Crippen molar-refractivity contribution in [3.05, 3.63) is 88.1 Å². The molecule has 5 nitrogen and oxygen atoms in total. The lowest BCUT2D eigenvalue weighted by atomic mass is 10.0. The summed E-state index contributed by atoms with van der Waals surface area (Å²) in [5.41, 5.74) is 8.74. The maximum absolute atomic E-state index is 12.9. The minimum absolute atomic E-state index is 0.0690. The van der Waals surface area contributed by atoms with Gasteiger partial charge in [-0.15, -0.1) is 0 Å². The molecule has 0 saturated heterocycles. The van der Waals surface area contributed by atoms with E-state index in [2.05, 4.69) is 33.0 Å². The van der Waals surface area contributed by atoms with Gasteiger partial charge in [0, 0.05) is 40.7 Å². The average Bonchev–Trinajstić information content (AvgIpc) is 3.20. The number of hydrazine groups is 1. The number of amides is 1. The molecule has 1 aliphatic heterocycles. The predicted octanol–water partition coefficient (Wildman–Crippen LogP) is 4.49. The number of fused-ring (bicyclic) bond motifs is 1. The van der Waals surface area contributed by atoms with Crippen molar-refractivity contribution in [2.24, 2.45) is 0 Å². The second kappa shape index (κ2) is 8.13. The van der Waals surface area contributed by atoms with Crippen molar-refractivity contribution < 1.29 is 18.0 Å². The van der Waals surface area contributed by atoms with Gasteiger partial charge < -0.3 is 10.7 Å². The zero-order valence-electron chi connectivity index (χ0n) is 16.4. The number of nitrogens with zero attached hydrogens (tertiary/aromatic N) is 1. The number of aryl methyl sites for hydroxylation is 1. The maximum Gasteiger partial charge on any atom is 0.416 e. The van der Waals surface area contributed by atoms with Crippen LogP contribution >= 0.6 is 0 Å². The number of aromatic nitrogens is 1. The van der Waals surface area contributed by atoms with Crippen molar-refractivity contribution in [1.29, 1.82) is 0 Å². The van der Waals surface area contributed by atoms with Gasteiger partial charge in [-0.25, -0.2) is 10.4 Å². The molecule has 1 aromatic heterocycles. The number of rotatable bonds is 2. The molecule has 0 unspecified atom stereocenters. The molecule has 1 aliphatic rings. The van der Waals surface area contributed by atoms with Crippen LogP contribution in [0.5, 0.6) is 0 Å². The molecule has 1 amide bonds.